The Labute approximate surface area is 118 Å². The molecular formula is C13H15BrF3NO. The van der Waals surface area contributed by atoms with Gasteiger partial charge in [0.2, 0.25) is 0 Å². The summed E-state index contributed by atoms with van der Waals surface area (Å²) in [5, 5.41) is 3.18. The van der Waals surface area contributed by atoms with Crippen LogP contribution < -0.4 is 10.1 Å². The highest BCUT2D eigenvalue weighted by atomic mass is 79.9. The molecule has 0 aromatic heterocycles. The fourth-order valence-electron chi connectivity index (χ4n) is 2.14. The van der Waals surface area contributed by atoms with Gasteiger partial charge in [-0.05, 0) is 31.2 Å². The largest absolute Gasteiger partial charge is 0.493 e. The maximum atomic E-state index is 12.1. The molecule has 106 valence electrons. The number of benzene rings is 1. The average molecular weight is 338 g/mol. The molecule has 1 aliphatic rings. The van der Waals surface area contributed by atoms with Gasteiger partial charge in [0, 0.05) is 28.9 Å². The summed E-state index contributed by atoms with van der Waals surface area (Å²) in [7, 11) is 0. The molecule has 1 N–H and O–H groups in total. The molecule has 0 saturated carbocycles. The maximum Gasteiger partial charge on any atom is 0.389 e. The number of nitrogens with one attached hydrogen (secondary N) is 1. The second-order valence-corrected chi connectivity index (χ2v) is 5.46. The van der Waals surface area contributed by atoms with Crippen molar-refractivity contribution in [3.63, 3.8) is 0 Å². The molecule has 1 atom stereocenters. The van der Waals surface area contributed by atoms with E-state index in [2.05, 4.69) is 21.2 Å². The third-order valence-electron chi connectivity index (χ3n) is 3.04. The Morgan fingerprint density at radius 1 is 1.37 bits per heavy atom. The van der Waals surface area contributed by atoms with Crippen molar-refractivity contribution in [2.24, 2.45) is 0 Å². The summed E-state index contributed by atoms with van der Waals surface area (Å²) >= 11 is 3.39. The van der Waals surface area contributed by atoms with Crippen LogP contribution in [0.1, 0.15) is 30.9 Å². The number of alkyl halides is 3. The quantitative estimate of drug-likeness (QED) is 0.831. The van der Waals surface area contributed by atoms with Gasteiger partial charge in [-0.2, -0.15) is 13.2 Å². The van der Waals surface area contributed by atoms with Crippen molar-refractivity contribution in [1.82, 2.24) is 5.32 Å². The van der Waals surface area contributed by atoms with Gasteiger partial charge >= 0.3 is 6.18 Å². The molecule has 0 saturated heterocycles. The molecule has 6 heteroatoms. The molecule has 1 aliphatic heterocycles. The van der Waals surface area contributed by atoms with Gasteiger partial charge in [0.05, 0.1) is 6.61 Å². The molecule has 1 aromatic carbocycles. The van der Waals surface area contributed by atoms with Crippen LogP contribution in [0.2, 0.25) is 0 Å². The van der Waals surface area contributed by atoms with Crippen molar-refractivity contribution in [2.75, 3.05) is 13.2 Å². The van der Waals surface area contributed by atoms with E-state index in [1.165, 1.54) is 0 Å². The molecular weight excluding hydrogens is 323 g/mol. The van der Waals surface area contributed by atoms with Crippen LogP contribution >= 0.6 is 15.9 Å². The van der Waals surface area contributed by atoms with Crippen LogP contribution in [0.15, 0.2) is 22.7 Å². The first kappa shape index (κ1) is 14.7. The smallest absolute Gasteiger partial charge is 0.389 e. The van der Waals surface area contributed by atoms with E-state index in [1.54, 1.807) is 0 Å². The van der Waals surface area contributed by atoms with Crippen LogP contribution in [0.4, 0.5) is 13.2 Å². The average Bonchev–Trinajstić information content (AvgIpc) is 2.33. The number of fused-ring (bicyclic) bond motifs is 1. The van der Waals surface area contributed by atoms with Crippen molar-refractivity contribution in [1.29, 1.82) is 0 Å². The number of halogens is 4. The fraction of sp³-hybridized carbons (Fsp3) is 0.538. The monoisotopic (exact) mass is 337 g/mol. The molecule has 0 amide bonds. The molecule has 1 aromatic rings. The SMILES string of the molecule is FC(F)(F)CCCNC1CCOc2ccc(Br)cc21. The van der Waals surface area contributed by atoms with Gasteiger partial charge in [-0.25, -0.2) is 0 Å². The summed E-state index contributed by atoms with van der Waals surface area (Å²) in [4.78, 5) is 0. The highest BCUT2D eigenvalue weighted by Gasteiger charge is 2.26. The normalized spacial score (nSPS) is 18.8. The van der Waals surface area contributed by atoms with Gasteiger partial charge in [0.15, 0.2) is 0 Å². The van der Waals surface area contributed by atoms with E-state index < -0.39 is 12.6 Å². The van der Waals surface area contributed by atoms with Crippen LogP contribution in [-0.4, -0.2) is 19.3 Å². The van der Waals surface area contributed by atoms with Gasteiger partial charge in [-0.15, -0.1) is 0 Å². The minimum Gasteiger partial charge on any atom is -0.493 e. The standard InChI is InChI=1S/C13H15BrF3NO/c14-9-2-3-12-10(8-9)11(4-7-19-12)18-6-1-5-13(15,16)17/h2-3,8,11,18H,1,4-7H2. The van der Waals surface area contributed by atoms with Gasteiger partial charge in [0.25, 0.3) is 0 Å². The minimum absolute atomic E-state index is 0.0643. The number of hydrogen-bond acceptors (Lipinski definition) is 2. The highest BCUT2D eigenvalue weighted by Crippen LogP contribution is 2.34. The first-order valence-corrected chi connectivity index (χ1v) is 6.97. The van der Waals surface area contributed by atoms with Gasteiger partial charge in [0.1, 0.15) is 5.75 Å². The summed E-state index contributed by atoms with van der Waals surface area (Å²) in [5.74, 6) is 0.808. The second-order valence-electron chi connectivity index (χ2n) is 4.54. The van der Waals surface area contributed by atoms with Crippen molar-refractivity contribution >= 4 is 15.9 Å². The predicted molar refractivity (Wildman–Crippen MR) is 70.3 cm³/mol. The Morgan fingerprint density at radius 3 is 2.89 bits per heavy atom. The summed E-state index contributed by atoms with van der Waals surface area (Å²) in [6.07, 6.45) is -3.94. The second kappa shape index (κ2) is 6.13. The van der Waals surface area contributed by atoms with Crippen LogP contribution in [0.25, 0.3) is 0 Å². The van der Waals surface area contributed by atoms with Gasteiger partial charge < -0.3 is 10.1 Å². The van der Waals surface area contributed by atoms with E-state index in [-0.39, 0.29) is 12.5 Å². The Bertz CT molecular complexity index is 436. The van der Waals surface area contributed by atoms with Crippen molar-refractivity contribution in [3.05, 3.63) is 28.2 Å². The zero-order chi connectivity index (χ0) is 13.9. The lowest BCUT2D eigenvalue weighted by Crippen LogP contribution is -2.28. The van der Waals surface area contributed by atoms with Crippen molar-refractivity contribution in [3.8, 4) is 5.75 Å². The molecule has 0 aliphatic carbocycles. The number of hydrogen-bond donors (Lipinski definition) is 1. The fourth-order valence-corrected chi connectivity index (χ4v) is 2.52. The Morgan fingerprint density at radius 2 is 2.16 bits per heavy atom. The van der Waals surface area contributed by atoms with Crippen LogP contribution in [0, 0.1) is 0 Å². The van der Waals surface area contributed by atoms with Gasteiger partial charge in [-0.1, -0.05) is 15.9 Å². The lowest BCUT2D eigenvalue weighted by atomic mass is 10.0. The summed E-state index contributed by atoms with van der Waals surface area (Å²) < 4.78 is 42.6. The zero-order valence-corrected chi connectivity index (χ0v) is 11.9. The lowest BCUT2D eigenvalue weighted by molar-refractivity contribution is -0.135. The molecule has 0 radical (unpaired) electrons. The summed E-state index contributed by atoms with van der Waals surface area (Å²) in [6.45, 7) is 0.946. The topological polar surface area (TPSA) is 21.3 Å². The zero-order valence-electron chi connectivity index (χ0n) is 10.3. The van der Waals surface area contributed by atoms with Crippen LogP contribution in [0.5, 0.6) is 5.75 Å². The summed E-state index contributed by atoms with van der Waals surface area (Å²) in [5.41, 5.74) is 1.01. The number of rotatable bonds is 4. The molecule has 0 bridgehead atoms. The molecule has 1 unspecified atom stereocenters. The summed E-state index contributed by atoms with van der Waals surface area (Å²) in [6, 6.07) is 5.79. The molecule has 2 rings (SSSR count). The first-order valence-electron chi connectivity index (χ1n) is 6.18. The molecule has 0 spiro atoms. The van der Waals surface area contributed by atoms with E-state index in [0.717, 1.165) is 22.2 Å². The van der Waals surface area contributed by atoms with E-state index >= 15 is 0 Å². The maximum absolute atomic E-state index is 12.1. The van der Waals surface area contributed by atoms with E-state index in [4.69, 9.17) is 4.74 Å². The van der Waals surface area contributed by atoms with Crippen molar-refractivity contribution in [2.45, 2.75) is 31.5 Å². The Kier molecular flexibility index (Phi) is 4.73. The number of ether oxygens (including phenoxy) is 1. The van der Waals surface area contributed by atoms with Gasteiger partial charge in [-0.3, -0.25) is 0 Å². The third-order valence-corrected chi connectivity index (χ3v) is 3.53. The third kappa shape index (κ3) is 4.38. The van der Waals surface area contributed by atoms with Crippen LogP contribution in [-0.2, 0) is 0 Å². The lowest BCUT2D eigenvalue weighted by Gasteiger charge is -2.27. The minimum atomic E-state index is -4.07. The van der Waals surface area contributed by atoms with Crippen molar-refractivity contribution < 1.29 is 17.9 Å². The van der Waals surface area contributed by atoms with Crippen LogP contribution in [0.3, 0.4) is 0 Å². The first-order chi connectivity index (χ1) is 8.96. The molecule has 1 heterocycles. The molecule has 0 fully saturated rings. The molecule has 2 nitrogen and oxygen atoms in total. The predicted octanol–water partition coefficient (Wildman–Crippen LogP) is 4.20. The van der Waals surface area contributed by atoms with E-state index in [1.807, 2.05) is 18.2 Å². The Balaban J connectivity index is 1.91. The highest BCUT2D eigenvalue weighted by molar-refractivity contribution is 9.10. The van der Waals surface area contributed by atoms with E-state index in [0.29, 0.717) is 13.2 Å². The Hall–Kier alpha value is -0.750. The molecule has 19 heavy (non-hydrogen) atoms. The van der Waals surface area contributed by atoms with E-state index in [9.17, 15) is 13.2 Å².